The third kappa shape index (κ3) is 4.77. The van der Waals surface area contributed by atoms with E-state index in [-0.39, 0.29) is 5.91 Å². The zero-order chi connectivity index (χ0) is 13.4. The molecular formula is C13H24N4O. The lowest BCUT2D eigenvalue weighted by Crippen LogP contribution is -2.12. The number of nitrogens with one attached hydrogen (secondary N) is 2. The number of nitrogens with two attached hydrogens (primary N) is 1. The maximum Gasteiger partial charge on any atom is 0.225 e. The number of aromatic amines is 1. The monoisotopic (exact) mass is 252 g/mol. The Bertz CT molecular complexity index is 373. The van der Waals surface area contributed by atoms with Gasteiger partial charge in [-0.2, -0.15) is 5.10 Å². The Labute approximate surface area is 109 Å². The van der Waals surface area contributed by atoms with E-state index < -0.39 is 0 Å². The molecule has 1 aromatic heterocycles. The lowest BCUT2D eigenvalue weighted by atomic mass is 10.1. The molecule has 5 heteroatoms. The Morgan fingerprint density at radius 1 is 1.28 bits per heavy atom. The van der Waals surface area contributed by atoms with Crippen molar-refractivity contribution >= 4 is 17.4 Å². The molecule has 0 aliphatic rings. The van der Waals surface area contributed by atoms with Crippen molar-refractivity contribution < 1.29 is 4.79 Å². The van der Waals surface area contributed by atoms with E-state index in [1.54, 1.807) is 0 Å². The number of hydrogen-bond acceptors (Lipinski definition) is 3. The van der Waals surface area contributed by atoms with Crippen molar-refractivity contribution in [2.45, 2.75) is 58.8 Å². The van der Waals surface area contributed by atoms with Crippen molar-refractivity contribution in [3.05, 3.63) is 5.69 Å². The zero-order valence-corrected chi connectivity index (χ0v) is 11.4. The lowest BCUT2D eigenvalue weighted by Gasteiger charge is -2.03. The van der Waals surface area contributed by atoms with Gasteiger partial charge in [0.1, 0.15) is 0 Å². The molecule has 0 bridgehead atoms. The average molecular weight is 252 g/mol. The lowest BCUT2D eigenvalue weighted by molar-refractivity contribution is -0.116. The van der Waals surface area contributed by atoms with Gasteiger partial charge in [0.15, 0.2) is 5.82 Å². The predicted molar refractivity (Wildman–Crippen MR) is 74.4 cm³/mol. The number of amides is 1. The van der Waals surface area contributed by atoms with Gasteiger partial charge in [0.2, 0.25) is 5.91 Å². The fraction of sp³-hybridized carbons (Fsp3) is 0.692. The molecule has 5 nitrogen and oxygen atoms in total. The molecule has 1 heterocycles. The SMILES string of the molecule is CCCCCCCCC(=O)Nc1n[nH]c(C)c1N. The summed E-state index contributed by atoms with van der Waals surface area (Å²) in [6.45, 7) is 4.02. The van der Waals surface area contributed by atoms with E-state index in [2.05, 4.69) is 22.4 Å². The molecule has 0 aliphatic heterocycles. The Kier molecular flexibility index (Phi) is 6.25. The molecule has 0 saturated heterocycles. The van der Waals surface area contributed by atoms with Crippen molar-refractivity contribution in [1.82, 2.24) is 10.2 Å². The first-order chi connectivity index (χ1) is 8.65. The first-order valence-corrected chi connectivity index (χ1v) is 6.75. The zero-order valence-electron chi connectivity index (χ0n) is 11.4. The van der Waals surface area contributed by atoms with Crippen molar-refractivity contribution in [3.8, 4) is 0 Å². The number of H-pyrrole nitrogens is 1. The van der Waals surface area contributed by atoms with Crippen molar-refractivity contribution in [2.75, 3.05) is 11.1 Å². The summed E-state index contributed by atoms with van der Waals surface area (Å²) in [4.78, 5) is 11.6. The highest BCUT2D eigenvalue weighted by atomic mass is 16.1. The van der Waals surface area contributed by atoms with Crippen LogP contribution in [0.25, 0.3) is 0 Å². The molecule has 1 amide bonds. The van der Waals surface area contributed by atoms with Crippen LogP contribution < -0.4 is 11.1 Å². The number of rotatable bonds is 8. The maximum absolute atomic E-state index is 11.6. The van der Waals surface area contributed by atoms with Gasteiger partial charge < -0.3 is 11.1 Å². The van der Waals surface area contributed by atoms with Crippen molar-refractivity contribution in [3.63, 3.8) is 0 Å². The summed E-state index contributed by atoms with van der Waals surface area (Å²) in [6, 6.07) is 0. The van der Waals surface area contributed by atoms with Crippen LogP contribution >= 0.6 is 0 Å². The van der Waals surface area contributed by atoms with E-state index in [0.29, 0.717) is 17.9 Å². The van der Waals surface area contributed by atoms with E-state index in [0.717, 1.165) is 18.5 Å². The molecule has 0 spiro atoms. The molecule has 0 radical (unpaired) electrons. The number of unbranched alkanes of at least 4 members (excludes halogenated alkanes) is 5. The molecular weight excluding hydrogens is 228 g/mol. The summed E-state index contributed by atoms with van der Waals surface area (Å²) in [5.74, 6) is 0.437. The fourth-order valence-electron chi connectivity index (χ4n) is 1.79. The minimum Gasteiger partial charge on any atom is -0.394 e. The number of carbonyl (C=O) groups excluding carboxylic acids is 1. The van der Waals surface area contributed by atoms with Crippen LogP contribution in [0, 0.1) is 6.92 Å². The van der Waals surface area contributed by atoms with E-state index in [1.165, 1.54) is 25.7 Å². The van der Waals surface area contributed by atoms with Crippen LogP contribution in [0.1, 0.15) is 57.6 Å². The number of aryl methyl sites for hydroxylation is 1. The summed E-state index contributed by atoms with van der Waals surface area (Å²) >= 11 is 0. The Balaban J connectivity index is 2.16. The second-order valence-corrected chi connectivity index (χ2v) is 4.68. The molecule has 0 aliphatic carbocycles. The van der Waals surface area contributed by atoms with Gasteiger partial charge in [-0.3, -0.25) is 9.89 Å². The van der Waals surface area contributed by atoms with Gasteiger partial charge in [-0.15, -0.1) is 0 Å². The predicted octanol–water partition coefficient (Wildman–Crippen LogP) is 2.99. The van der Waals surface area contributed by atoms with Crippen molar-refractivity contribution in [1.29, 1.82) is 0 Å². The van der Waals surface area contributed by atoms with Crippen LogP contribution in [-0.4, -0.2) is 16.1 Å². The normalized spacial score (nSPS) is 10.6. The first kappa shape index (κ1) is 14.5. The second-order valence-electron chi connectivity index (χ2n) is 4.68. The Morgan fingerprint density at radius 3 is 2.56 bits per heavy atom. The van der Waals surface area contributed by atoms with Crippen LogP contribution in [0.2, 0.25) is 0 Å². The number of anilines is 2. The number of carbonyl (C=O) groups is 1. The maximum atomic E-state index is 11.6. The summed E-state index contributed by atoms with van der Waals surface area (Å²) < 4.78 is 0. The smallest absolute Gasteiger partial charge is 0.225 e. The molecule has 0 unspecified atom stereocenters. The molecule has 4 N–H and O–H groups in total. The third-order valence-corrected chi connectivity index (χ3v) is 3.01. The van der Waals surface area contributed by atoms with Gasteiger partial charge in [-0.1, -0.05) is 39.0 Å². The summed E-state index contributed by atoms with van der Waals surface area (Å²) in [7, 11) is 0. The molecule has 1 rings (SSSR count). The van der Waals surface area contributed by atoms with Crippen LogP contribution in [-0.2, 0) is 4.79 Å². The second kappa shape index (κ2) is 7.74. The van der Waals surface area contributed by atoms with Gasteiger partial charge in [-0.25, -0.2) is 0 Å². The number of aromatic nitrogens is 2. The molecule has 0 saturated carbocycles. The fourth-order valence-corrected chi connectivity index (χ4v) is 1.79. The highest BCUT2D eigenvalue weighted by Gasteiger charge is 2.09. The van der Waals surface area contributed by atoms with Gasteiger partial charge in [-0.05, 0) is 13.3 Å². The summed E-state index contributed by atoms with van der Waals surface area (Å²) in [5.41, 5.74) is 7.05. The highest BCUT2D eigenvalue weighted by Crippen LogP contribution is 2.18. The third-order valence-electron chi connectivity index (χ3n) is 3.01. The molecule has 1 aromatic rings. The van der Waals surface area contributed by atoms with E-state index in [1.807, 2.05) is 6.92 Å². The van der Waals surface area contributed by atoms with E-state index in [4.69, 9.17) is 5.73 Å². The van der Waals surface area contributed by atoms with E-state index in [9.17, 15) is 4.79 Å². The average Bonchev–Trinajstić information content (AvgIpc) is 2.65. The van der Waals surface area contributed by atoms with Gasteiger partial charge in [0.25, 0.3) is 0 Å². The molecule has 0 atom stereocenters. The quantitative estimate of drug-likeness (QED) is 0.622. The van der Waals surface area contributed by atoms with E-state index >= 15 is 0 Å². The van der Waals surface area contributed by atoms with Crippen LogP contribution in [0.3, 0.4) is 0 Å². The summed E-state index contributed by atoms with van der Waals surface area (Å²) in [5, 5.41) is 9.41. The number of hydrogen-bond donors (Lipinski definition) is 3. The first-order valence-electron chi connectivity index (χ1n) is 6.75. The Hall–Kier alpha value is -1.52. The van der Waals surface area contributed by atoms with Crippen LogP contribution in [0.5, 0.6) is 0 Å². The van der Waals surface area contributed by atoms with Crippen LogP contribution in [0.4, 0.5) is 11.5 Å². The van der Waals surface area contributed by atoms with Gasteiger partial charge in [0.05, 0.1) is 11.4 Å². The largest absolute Gasteiger partial charge is 0.394 e. The van der Waals surface area contributed by atoms with Gasteiger partial charge in [0, 0.05) is 6.42 Å². The van der Waals surface area contributed by atoms with Crippen molar-refractivity contribution in [2.24, 2.45) is 0 Å². The molecule has 18 heavy (non-hydrogen) atoms. The van der Waals surface area contributed by atoms with Crippen LogP contribution in [0.15, 0.2) is 0 Å². The molecule has 0 fully saturated rings. The highest BCUT2D eigenvalue weighted by molar-refractivity contribution is 5.92. The van der Waals surface area contributed by atoms with Gasteiger partial charge >= 0.3 is 0 Å². The summed E-state index contributed by atoms with van der Waals surface area (Å²) in [6.07, 6.45) is 7.60. The number of nitrogen functional groups attached to an aromatic ring is 1. The standard InChI is InChI=1S/C13H24N4O/c1-3-4-5-6-7-8-9-11(18)15-13-12(14)10(2)16-17-13/h3-9,14H2,1-2H3,(H2,15,16,17,18). The molecule has 102 valence electrons. The minimum absolute atomic E-state index is 0.0105. The number of nitrogens with zero attached hydrogens (tertiary/aromatic N) is 1. The Morgan fingerprint density at radius 2 is 1.94 bits per heavy atom. The molecule has 0 aromatic carbocycles. The topological polar surface area (TPSA) is 83.8 Å². The minimum atomic E-state index is -0.0105.